The van der Waals surface area contributed by atoms with E-state index >= 15 is 0 Å². The van der Waals surface area contributed by atoms with Crippen LogP contribution in [0.4, 0.5) is 0 Å². The van der Waals surface area contributed by atoms with Crippen molar-refractivity contribution in [1.29, 1.82) is 0 Å². The molecule has 2 aromatic rings. The quantitative estimate of drug-likeness (QED) is 0.862. The topological polar surface area (TPSA) is 58.6 Å². The van der Waals surface area contributed by atoms with Gasteiger partial charge in [-0.3, -0.25) is 4.79 Å². The molecular weight excluding hydrogens is 290 g/mol. The van der Waals surface area contributed by atoms with Crippen LogP contribution in [-0.4, -0.2) is 24.7 Å². The summed E-state index contributed by atoms with van der Waals surface area (Å²) in [6.45, 7) is 0.206. The van der Waals surface area contributed by atoms with E-state index in [1.807, 2.05) is 30.3 Å². The smallest absolute Gasteiger partial charge is 0.251 e. The number of ether oxygens (including phenoxy) is 1. The Balaban J connectivity index is 1.73. The second kappa shape index (κ2) is 6.42. The predicted molar refractivity (Wildman–Crippen MR) is 88.4 cm³/mol. The third-order valence-electron chi connectivity index (χ3n) is 4.38. The average Bonchev–Trinajstić information content (AvgIpc) is 3.45. The van der Waals surface area contributed by atoms with E-state index in [-0.39, 0.29) is 18.4 Å². The normalized spacial score (nSPS) is 16.4. The van der Waals surface area contributed by atoms with Crippen LogP contribution in [0.2, 0.25) is 0 Å². The van der Waals surface area contributed by atoms with Crippen LogP contribution >= 0.6 is 0 Å². The van der Waals surface area contributed by atoms with Crippen molar-refractivity contribution in [3.8, 4) is 5.75 Å². The molecule has 3 rings (SSSR count). The largest absolute Gasteiger partial charge is 0.497 e. The molecule has 4 nitrogen and oxygen atoms in total. The molecule has 1 fully saturated rings. The number of amides is 1. The highest BCUT2D eigenvalue weighted by molar-refractivity contribution is 5.94. The van der Waals surface area contributed by atoms with Gasteiger partial charge in [-0.1, -0.05) is 36.4 Å². The minimum absolute atomic E-state index is 0.204. The van der Waals surface area contributed by atoms with Crippen LogP contribution in [0.3, 0.4) is 0 Å². The molecule has 0 radical (unpaired) electrons. The Hall–Kier alpha value is -2.33. The van der Waals surface area contributed by atoms with Crippen molar-refractivity contribution in [1.82, 2.24) is 5.32 Å². The van der Waals surface area contributed by atoms with Gasteiger partial charge in [-0.2, -0.15) is 0 Å². The van der Waals surface area contributed by atoms with Crippen molar-refractivity contribution < 1.29 is 14.6 Å². The highest BCUT2D eigenvalue weighted by atomic mass is 16.5. The summed E-state index contributed by atoms with van der Waals surface area (Å²) in [6.07, 6.45) is 1.97. The summed E-state index contributed by atoms with van der Waals surface area (Å²) in [5, 5.41) is 13.9. The molecule has 1 amide bonds. The summed E-state index contributed by atoms with van der Waals surface area (Å²) in [7, 11) is 1.57. The fourth-order valence-electron chi connectivity index (χ4n) is 2.85. The van der Waals surface area contributed by atoms with Crippen LogP contribution in [0.25, 0.3) is 0 Å². The van der Waals surface area contributed by atoms with Gasteiger partial charge in [0.1, 0.15) is 11.4 Å². The van der Waals surface area contributed by atoms with E-state index < -0.39 is 5.60 Å². The van der Waals surface area contributed by atoms with Gasteiger partial charge in [-0.25, -0.2) is 0 Å². The summed E-state index contributed by atoms with van der Waals surface area (Å²) in [5.74, 6) is 0.632. The van der Waals surface area contributed by atoms with Crippen molar-refractivity contribution in [2.75, 3.05) is 13.7 Å². The van der Waals surface area contributed by atoms with Crippen LogP contribution < -0.4 is 10.1 Å². The van der Waals surface area contributed by atoms with Crippen LogP contribution in [0.1, 0.15) is 28.8 Å². The molecule has 0 saturated heterocycles. The molecule has 23 heavy (non-hydrogen) atoms. The number of rotatable bonds is 6. The average molecular weight is 311 g/mol. The van der Waals surface area contributed by atoms with Crippen LogP contribution in [0.15, 0.2) is 54.6 Å². The number of hydrogen-bond donors (Lipinski definition) is 2. The summed E-state index contributed by atoms with van der Waals surface area (Å²) < 4.78 is 5.14. The fourth-order valence-corrected chi connectivity index (χ4v) is 2.85. The molecular formula is C19H21NO3. The van der Waals surface area contributed by atoms with Gasteiger partial charge in [0.15, 0.2) is 0 Å². The lowest BCUT2D eigenvalue weighted by molar-refractivity contribution is 0.0135. The lowest BCUT2D eigenvalue weighted by Gasteiger charge is -2.29. The molecule has 1 aliphatic carbocycles. The van der Waals surface area contributed by atoms with Crippen molar-refractivity contribution >= 4 is 5.91 Å². The van der Waals surface area contributed by atoms with Gasteiger partial charge in [-0.15, -0.1) is 0 Å². The Morgan fingerprint density at radius 1 is 1.22 bits per heavy atom. The summed E-state index contributed by atoms with van der Waals surface area (Å²) >= 11 is 0. The molecule has 1 unspecified atom stereocenters. The van der Waals surface area contributed by atoms with Gasteiger partial charge in [0.25, 0.3) is 5.91 Å². The van der Waals surface area contributed by atoms with Gasteiger partial charge in [0, 0.05) is 5.56 Å². The Labute approximate surface area is 136 Å². The second-order valence-electron chi connectivity index (χ2n) is 5.98. The monoisotopic (exact) mass is 311 g/mol. The molecule has 0 aliphatic heterocycles. The Bertz CT molecular complexity index is 682. The minimum Gasteiger partial charge on any atom is -0.497 e. The molecule has 2 N–H and O–H groups in total. The first-order chi connectivity index (χ1) is 11.1. The minimum atomic E-state index is -1.00. The molecule has 0 aromatic heterocycles. The summed E-state index contributed by atoms with van der Waals surface area (Å²) in [4.78, 5) is 12.4. The zero-order chi connectivity index (χ0) is 16.3. The number of nitrogens with one attached hydrogen (secondary N) is 1. The van der Waals surface area contributed by atoms with E-state index in [1.165, 1.54) is 0 Å². The van der Waals surface area contributed by atoms with Gasteiger partial charge < -0.3 is 15.2 Å². The lowest BCUT2D eigenvalue weighted by atomic mass is 9.88. The highest BCUT2D eigenvalue weighted by Crippen LogP contribution is 2.45. The number of methoxy groups -OCH3 is 1. The first-order valence-electron chi connectivity index (χ1n) is 7.83. The van der Waals surface area contributed by atoms with Crippen LogP contribution in [-0.2, 0) is 5.60 Å². The third-order valence-corrected chi connectivity index (χ3v) is 4.38. The summed E-state index contributed by atoms with van der Waals surface area (Å²) in [6, 6.07) is 16.6. The third kappa shape index (κ3) is 3.37. The lowest BCUT2D eigenvalue weighted by Crippen LogP contribution is -2.42. The van der Waals surface area contributed by atoms with Gasteiger partial charge >= 0.3 is 0 Å². The number of aliphatic hydroxyl groups is 1. The van der Waals surface area contributed by atoms with Crippen LogP contribution in [0.5, 0.6) is 5.75 Å². The van der Waals surface area contributed by atoms with Crippen molar-refractivity contribution in [2.45, 2.75) is 18.4 Å². The zero-order valence-corrected chi connectivity index (χ0v) is 13.2. The van der Waals surface area contributed by atoms with Crippen molar-refractivity contribution in [2.24, 2.45) is 5.92 Å². The Kier molecular flexibility index (Phi) is 4.35. The summed E-state index contributed by atoms with van der Waals surface area (Å²) in [5.41, 5.74) is 0.375. The van der Waals surface area contributed by atoms with Crippen molar-refractivity contribution in [3.05, 3.63) is 65.7 Å². The first-order valence-corrected chi connectivity index (χ1v) is 7.83. The Morgan fingerprint density at radius 2 is 1.96 bits per heavy atom. The van der Waals surface area contributed by atoms with E-state index in [0.29, 0.717) is 11.3 Å². The number of carbonyl (C=O) groups excluding carboxylic acids is 1. The first kappa shape index (κ1) is 15.6. The molecule has 0 bridgehead atoms. The van der Waals surface area contributed by atoms with E-state index in [4.69, 9.17) is 4.74 Å². The van der Waals surface area contributed by atoms with Crippen LogP contribution in [0, 0.1) is 5.92 Å². The zero-order valence-electron chi connectivity index (χ0n) is 13.2. The standard InChI is InChI=1S/C19H21NO3/c1-23-17-9-5-6-14(12-17)18(21)20-13-19(22,16-10-11-16)15-7-3-2-4-8-15/h2-9,12,16,22H,10-11,13H2,1H3,(H,20,21). The number of hydrogen-bond acceptors (Lipinski definition) is 3. The SMILES string of the molecule is COc1cccc(C(=O)NCC(O)(c2ccccc2)C2CC2)c1. The second-order valence-corrected chi connectivity index (χ2v) is 5.98. The van der Waals surface area contributed by atoms with Gasteiger partial charge in [0.05, 0.1) is 13.7 Å². The number of benzene rings is 2. The maximum Gasteiger partial charge on any atom is 0.251 e. The molecule has 4 heteroatoms. The molecule has 1 aliphatic rings. The highest BCUT2D eigenvalue weighted by Gasteiger charge is 2.45. The van der Waals surface area contributed by atoms with Gasteiger partial charge in [-0.05, 0) is 42.5 Å². The predicted octanol–water partition coefficient (Wildman–Crippen LogP) is 2.72. The fraction of sp³-hybridized carbons (Fsp3) is 0.316. The maximum atomic E-state index is 12.4. The maximum absolute atomic E-state index is 12.4. The van der Waals surface area contributed by atoms with E-state index in [1.54, 1.807) is 31.4 Å². The van der Waals surface area contributed by atoms with Gasteiger partial charge in [0.2, 0.25) is 0 Å². The molecule has 120 valence electrons. The molecule has 2 aromatic carbocycles. The Morgan fingerprint density at radius 3 is 2.61 bits per heavy atom. The molecule has 0 heterocycles. The molecule has 1 atom stereocenters. The molecule has 0 spiro atoms. The van der Waals surface area contributed by atoms with E-state index in [9.17, 15) is 9.90 Å². The van der Waals surface area contributed by atoms with E-state index in [0.717, 1.165) is 18.4 Å². The number of carbonyl (C=O) groups is 1. The van der Waals surface area contributed by atoms with Crippen molar-refractivity contribution in [3.63, 3.8) is 0 Å². The van der Waals surface area contributed by atoms with E-state index in [2.05, 4.69) is 5.32 Å². The molecule has 1 saturated carbocycles.